The van der Waals surface area contributed by atoms with Gasteiger partial charge in [0, 0.05) is 58.7 Å². The van der Waals surface area contributed by atoms with Crippen molar-refractivity contribution in [1.82, 2.24) is 19.8 Å². The summed E-state index contributed by atoms with van der Waals surface area (Å²) in [5.41, 5.74) is 8.77. The smallest absolute Gasteiger partial charge is 0.320 e. The summed E-state index contributed by atoms with van der Waals surface area (Å²) < 4.78 is 6.18. The lowest BCUT2D eigenvalue weighted by molar-refractivity contribution is -0.141. The molecular formula is C32H30N4O4. The standard InChI is InChI=1S/C32H30N4O4/c1-35-14-17(31(37)38)9-21-20-6-4-8-25-29(20)23(12-27(21)35)30(34-25)40-32(39)18-10-22-19-5-3-7-24-28(19)16(13-33-24)11-26(22)36(2)15-18/h3-10,13,17-18,26-27,33-34H,11-12,14-15H2,1-2H3,(H,37,38)/t17-,18-,26-,27-/m1/s1. The fourth-order valence-corrected chi connectivity index (χ4v) is 7.52. The van der Waals surface area contributed by atoms with Gasteiger partial charge in [0.05, 0.1) is 11.8 Å². The second kappa shape index (κ2) is 8.43. The lowest BCUT2D eigenvalue weighted by atomic mass is 9.79. The van der Waals surface area contributed by atoms with Crippen LogP contribution in [0.3, 0.4) is 0 Å². The van der Waals surface area contributed by atoms with Crippen LogP contribution in [0.1, 0.15) is 22.3 Å². The first-order valence-electron chi connectivity index (χ1n) is 13.9. The number of aromatic nitrogens is 2. The number of fused-ring (bicyclic) bond motifs is 4. The molecule has 202 valence electrons. The van der Waals surface area contributed by atoms with Gasteiger partial charge in [0.25, 0.3) is 0 Å². The number of likely N-dealkylation sites (N-methyl/N-ethyl adjacent to an activating group) is 2. The van der Waals surface area contributed by atoms with E-state index in [4.69, 9.17) is 4.74 Å². The molecule has 0 spiro atoms. The molecule has 2 aromatic carbocycles. The van der Waals surface area contributed by atoms with E-state index in [2.05, 4.69) is 57.3 Å². The van der Waals surface area contributed by atoms with Gasteiger partial charge in [0.15, 0.2) is 0 Å². The van der Waals surface area contributed by atoms with Gasteiger partial charge in [-0.05, 0) is 66.9 Å². The summed E-state index contributed by atoms with van der Waals surface area (Å²) in [6, 6.07) is 12.6. The number of hydrogen-bond donors (Lipinski definition) is 3. The van der Waals surface area contributed by atoms with Crippen LogP contribution >= 0.6 is 0 Å². The van der Waals surface area contributed by atoms with Crippen LogP contribution in [0.25, 0.3) is 33.0 Å². The van der Waals surface area contributed by atoms with Gasteiger partial charge >= 0.3 is 11.9 Å². The number of nitrogens with zero attached hydrogens (tertiary/aromatic N) is 2. The van der Waals surface area contributed by atoms with Gasteiger partial charge in [-0.2, -0.15) is 0 Å². The number of ether oxygens (including phenoxy) is 1. The van der Waals surface area contributed by atoms with Gasteiger partial charge in [-0.15, -0.1) is 0 Å². The maximum absolute atomic E-state index is 13.7. The first-order valence-corrected chi connectivity index (χ1v) is 13.9. The molecule has 0 fully saturated rings. The lowest BCUT2D eigenvalue weighted by Crippen LogP contribution is -2.45. The second-order valence-corrected chi connectivity index (χ2v) is 11.7. The first kappa shape index (κ1) is 23.7. The molecule has 4 atom stereocenters. The zero-order valence-corrected chi connectivity index (χ0v) is 22.4. The highest BCUT2D eigenvalue weighted by Gasteiger charge is 2.39. The van der Waals surface area contributed by atoms with Crippen LogP contribution in [0.2, 0.25) is 0 Å². The van der Waals surface area contributed by atoms with Gasteiger partial charge in [-0.3, -0.25) is 19.4 Å². The van der Waals surface area contributed by atoms with Gasteiger partial charge in [0.2, 0.25) is 5.88 Å². The molecule has 4 aliphatic rings. The van der Waals surface area contributed by atoms with Crippen molar-refractivity contribution in [2.45, 2.75) is 24.9 Å². The minimum Gasteiger partial charge on any atom is -0.481 e. The summed E-state index contributed by atoms with van der Waals surface area (Å²) in [5.74, 6) is -1.51. The molecular weight excluding hydrogens is 504 g/mol. The number of carbonyl (C=O) groups is 2. The van der Waals surface area contributed by atoms with Gasteiger partial charge < -0.3 is 19.8 Å². The molecule has 2 aromatic heterocycles. The van der Waals surface area contributed by atoms with Crippen LogP contribution < -0.4 is 4.74 Å². The Morgan fingerprint density at radius 1 is 0.875 bits per heavy atom. The lowest BCUT2D eigenvalue weighted by Gasteiger charge is -2.39. The van der Waals surface area contributed by atoms with E-state index in [1.807, 2.05) is 31.3 Å². The quantitative estimate of drug-likeness (QED) is 0.343. The molecule has 2 aliphatic carbocycles. The average Bonchev–Trinajstić information content (AvgIpc) is 3.52. The third-order valence-corrected chi connectivity index (χ3v) is 9.44. The minimum atomic E-state index is -0.810. The summed E-state index contributed by atoms with van der Waals surface area (Å²) in [5, 5.41) is 12.0. The Morgan fingerprint density at radius 3 is 2.27 bits per heavy atom. The number of carbonyl (C=O) groups excluding carboxylic acids is 1. The molecule has 2 aliphatic heterocycles. The predicted molar refractivity (Wildman–Crippen MR) is 153 cm³/mol. The zero-order chi connectivity index (χ0) is 27.3. The highest BCUT2D eigenvalue weighted by Crippen LogP contribution is 2.45. The number of rotatable bonds is 3. The summed E-state index contributed by atoms with van der Waals surface area (Å²) in [4.78, 5) is 36.7. The highest BCUT2D eigenvalue weighted by atomic mass is 16.5. The number of nitrogens with one attached hydrogen (secondary N) is 2. The van der Waals surface area contributed by atoms with Crippen molar-refractivity contribution < 1.29 is 19.4 Å². The average molecular weight is 535 g/mol. The van der Waals surface area contributed by atoms with Crippen molar-refractivity contribution in [1.29, 1.82) is 0 Å². The molecule has 4 aromatic rings. The van der Waals surface area contributed by atoms with E-state index < -0.39 is 17.8 Å². The van der Waals surface area contributed by atoms with E-state index >= 15 is 0 Å². The number of aliphatic carboxylic acids is 1. The van der Waals surface area contributed by atoms with Crippen molar-refractivity contribution in [2.75, 3.05) is 27.2 Å². The molecule has 40 heavy (non-hydrogen) atoms. The predicted octanol–water partition coefficient (Wildman–Crippen LogP) is 4.08. The monoisotopic (exact) mass is 534 g/mol. The SMILES string of the molecule is CN1C[C@H](C(=O)Oc2[nH]c3cccc4c3c2C[C@@H]2C4=C[C@@H](C(=O)O)CN2C)C=C2c3cccc4[nH]cc(c34)C[C@H]21. The minimum absolute atomic E-state index is 0.0314. The van der Waals surface area contributed by atoms with Crippen molar-refractivity contribution in [3.8, 4) is 5.88 Å². The number of H-pyrrole nitrogens is 2. The molecule has 8 heteroatoms. The third kappa shape index (κ3) is 3.33. The number of benzene rings is 2. The summed E-state index contributed by atoms with van der Waals surface area (Å²) in [7, 11) is 4.06. The van der Waals surface area contributed by atoms with Crippen molar-refractivity contribution in [3.05, 3.63) is 77.0 Å². The van der Waals surface area contributed by atoms with Gasteiger partial charge in [-0.1, -0.05) is 36.4 Å². The third-order valence-electron chi connectivity index (χ3n) is 9.44. The Morgan fingerprint density at radius 2 is 1.52 bits per heavy atom. The van der Waals surface area contributed by atoms with Crippen molar-refractivity contribution in [2.24, 2.45) is 11.8 Å². The fourth-order valence-electron chi connectivity index (χ4n) is 7.52. The highest BCUT2D eigenvalue weighted by molar-refractivity contribution is 6.02. The molecule has 8 nitrogen and oxygen atoms in total. The van der Waals surface area contributed by atoms with Crippen LogP contribution in [0.5, 0.6) is 5.88 Å². The van der Waals surface area contributed by atoms with Crippen LogP contribution in [-0.2, 0) is 22.4 Å². The summed E-state index contributed by atoms with van der Waals surface area (Å²) >= 11 is 0. The maximum atomic E-state index is 13.7. The zero-order valence-electron chi connectivity index (χ0n) is 22.4. The molecule has 0 bridgehead atoms. The molecule has 3 N–H and O–H groups in total. The van der Waals surface area contributed by atoms with Gasteiger partial charge in [0.1, 0.15) is 0 Å². The Labute approximate surface area is 230 Å². The normalized spacial score (nSPS) is 25.8. The fraction of sp³-hybridized carbons (Fsp3) is 0.312. The molecule has 0 unspecified atom stereocenters. The molecule has 0 amide bonds. The molecule has 0 radical (unpaired) electrons. The number of esters is 1. The summed E-state index contributed by atoms with van der Waals surface area (Å²) in [6.07, 6.45) is 7.72. The number of carboxylic acid groups (broad SMARTS) is 1. The van der Waals surface area contributed by atoms with E-state index in [1.54, 1.807) is 0 Å². The molecule has 4 heterocycles. The van der Waals surface area contributed by atoms with E-state index in [1.165, 1.54) is 22.1 Å². The van der Waals surface area contributed by atoms with E-state index in [0.29, 0.717) is 25.4 Å². The Balaban J connectivity index is 1.16. The van der Waals surface area contributed by atoms with Crippen LogP contribution in [0.15, 0.2) is 54.7 Å². The number of aromatic amines is 2. The largest absolute Gasteiger partial charge is 0.481 e. The van der Waals surface area contributed by atoms with E-state index in [9.17, 15) is 14.7 Å². The maximum Gasteiger partial charge on any atom is 0.320 e. The molecule has 0 saturated heterocycles. The van der Waals surface area contributed by atoms with Crippen LogP contribution in [-0.4, -0.2) is 76.1 Å². The molecule has 0 saturated carbocycles. The second-order valence-electron chi connectivity index (χ2n) is 11.7. The Hall–Kier alpha value is -4.14. The van der Waals surface area contributed by atoms with Gasteiger partial charge in [-0.25, -0.2) is 0 Å². The van der Waals surface area contributed by atoms with Crippen molar-refractivity contribution in [3.63, 3.8) is 0 Å². The number of hydrogen-bond acceptors (Lipinski definition) is 5. The first-order chi connectivity index (χ1) is 19.4. The van der Waals surface area contributed by atoms with Crippen LogP contribution in [0, 0.1) is 11.8 Å². The summed E-state index contributed by atoms with van der Waals surface area (Å²) in [6.45, 7) is 1.05. The van der Waals surface area contributed by atoms with E-state index in [-0.39, 0.29) is 18.1 Å². The Bertz CT molecular complexity index is 1810. The van der Waals surface area contributed by atoms with Crippen LogP contribution in [0.4, 0.5) is 0 Å². The van der Waals surface area contributed by atoms with E-state index in [0.717, 1.165) is 39.5 Å². The topological polar surface area (TPSA) is 102 Å². The molecule has 8 rings (SSSR count). The number of carboxylic acids is 1. The van der Waals surface area contributed by atoms with Crippen molar-refractivity contribution >= 4 is 44.9 Å². The Kier molecular flexibility index (Phi) is 5.00.